The third-order valence-corrected chi connectivity index (χ3v) is 5.60. The Morgan fingerprint density at radius 3 is 2.71 bits per heavy atom. The molecule has 0 aliphatic carbocycles. The van der Waals surface area contributed by atoms with Crippen LogP contribution >= 0.6 is 0 Å². The molecule has 0 spiro atoms. The molecule has 9 heteroatoms. The van der Waals surface area contributed by atoms with Crippen molar-refractivity contribution in [3.8, 4) is 11.5 Å². The lowest BCUT2D eigenvalue weighted by Crippen LogP contribution is -2.47. The number of carbonyl (C=O) groups excluding carboxylic acids is 1. The van der Waals surface area contributed by atoms with Crippen molar-refractivity contribution >= 4 is 11.6 Å². The van der Waals surface area contributed by atoms with Crippen molar-refractivity contribution in [1.82, 2.24) is 30.3 Å². The first kappa shape index (κ1) is 20.9. The Labute approximate surface area is 181 Å². The number of anilines is 1. The van der Waals surface area contributed by atoms with Gasteiger partial charge in [-0.25, -0.2) is 9.97 Å². The fraction of sp³-hybridized carbons (Fsp3) is 0.409. The molecule has 3 aromatic rings. The van der Waals surface area contributed by atoms with E-state index < -0.39 is 0 Å². The van der Waals surface area contributed by atoms with Crippen LogP contribution in [0.15, 0.2) is 41.3 Å². The second-order valence-electron chi connectivity index (χ2n) is 7.72. The summed E-state index contributed by atoms with van der Waals surface area (Å²) in [6.45, 7) is 9.88. The van der Waals surface area contributed by atoms with Crippen molar-refractivity contribution in [2.24, 2.45) is 0 Å². The molecular weight excluding hydrogens is 394 g/mol. The lowest BCUT2D eigenvalue weighted by atomic mass is 10.1. The van der Waals surface area contributed by atoms with Gasteiger partial charge in [-0.15, -0.1) is 0 Å². The highest BCUT2D eigenvalue weighted by molar-refractivity contribution is 5.89. The molecule has 1 aliphatic rings. The van der Waals surface area contributed by atoms with Crippen LogP contribution in [0.2, 0.25) is 0 Å². The number of hydrogen-bond donors (Lipinski definition) is 1. The maximum Gasteiger partial charge on any atom is 0.316 e. The van der Waals surface area contributed by atoms with E-state index in [9.17, 15) is 4.79 Å². The van der Waals surface area contributed by atoms with Crippen LogP contribution in [0.25, 0.3) is 11.5 Å². The van der Waals surface area contributed by atoms with Gasteiger partial charge >= 0.3 is 11.8 Å². The molecule has 2 aromatic heterocycles. The number of aryl methyl sites for hydroxylation is 2. The number of nitrogens with one attached hydrogen (secondary N) is 1. The molecule has 0 unspecified atom stereocenters. The number of piperazine rings is 1. The molecule has 1 amide bonds. The smallest absolute Gasteiger partial charge is 0.316 e. The van der Waals surface area contributed by atoms with Crippen molar-refractivity contribution in [3.63, 3.8) is 0 Å². The third kappa shape index (κ3) is 5.24. The average molecular weight is 422 g/mol. The minimum atomic E-state index is -0.368. The molecule has 3 heterocycles. The Morgan fingerprint density at radius 1 is 1.13 bits per heavy atom. The van der Waals surface area contributed by atoms with Gasteiger partial charge in [-0.05, 0) is 56.1 Å². The van der Waals surface area contributed by atoms with Gasteiger partial charge in [0, 0.05) is 44.6 Å². The van der Waals surface area contributed by atoms with Crippen LogP contribution in [0.3, 0.4) is 0 Å². The second-order valence-corrected chi connectivity index (χ2v) is 7.72. The number of carbonyl (C=O) groups is 1. The van der Waals surface area contributed by atoms with Gasteiger partial charge < -0.3 is 14.7 Å². The predicted octanol–water partition coefficient (Wildman–Crippen LogP) is 2.09. The van der Waals surface area contributed by atoms with E-state index in [0.29, 0.717) is 12.2 Å². The van der Waals surface area contributed by atoms with Gasteiger partial charge in [0.15, 0.2) is 0 Å². The van der Waals surface area contributed by atoms with E-state index in [1.54, 1.807) is 12.3 Å². The summed E-state index contributed by atoms with van der Waals surface area (Å²) in [4.78, 5) is 29.1. The quantitative estimate of drug-likeness (QED) is 0.579. The normalized spacial score (nSPS) is 14.6. The van der Waals surface area contributed by atoms with E-state index in [2.05, 4.69) is 67.3 Å². The topological polar surface area (TPSA) is 100 Å². The van der Waals surface area contributed by atoms with Gasteiger partial charge in [0.2, 0.25) is 5.82 Å². The fourth-order valence-electron chi connectivity index (χ4n) is 3.57. The minimum absolute atomic E-state index is 0.0596. The van der Waals surface area contributed by atoms with Crippen LogP contribution < -0.4 is 10.2 Å². The highest BCUT2D eigenvalue weighted by Crippen LogP contribution is 2.20. The lowest BCUT2D eigenvalue weighted by Gasteiger charge is -2.36. The molecule has 1 aromatic carbocycles. The van der Waals surface area contributed by atoms with Crippen LogP contribution in [0.1, 0.15) is 28.2 Å². The summed E-state index contributed by atoms with van der Waals surface area (Å²) in [7, 11) is 0. The van der Waals surface area contributed by atoms with Crippen LogP contribution in [-0.4, -0.2) is 70.2 Å². The van der Waals surface area contributed by atoms with Gasteiger partial charge in [-0.3, -0.25) is 9.69 Å². The summed E-state index contributed by atoms with van der Waals surface area (Å²) < 4.78 is 5.05. The highest BCUT2D eigenvalue weighted by atomic mass is 16.5. The maximum absolute atomic E-state index is 12.2. The van der Waals surface area contributed by atoms with Gasteiger partial charge in [0.1, 0.15) is 12.0 Å². The monoisotopic (exact) mass is 421 g/mol. The molecule has 0 atom stereocenters. The Balaban J connectivity index is 1.17. The molecule has 31 heavy (non-hydrogen) atoms. The van der Waals surface area contributed by atoms with Gasteiger partial charge in [0.05, 0.1) is 0 Å². The van der Waals surface area contributed by atoms with Crippen LogP contribution in [0, 0.1) is 13.8 Å². The number of rotatable bonds is 7. The highest BCUT2D eigenvalue weighted by Gasteiger charge is 2.18. The summed E-state index contributed by atoms with van der Waals surface area (Å²) in [5.74, 6) is -0.155. The molecule has 9 nitrogen and oxygen atoms in total. The Kier molecular flexibility index (Phi) is 6.51. The second kappa shape index (κ2) is 9.65. The maximum atomic E-state index is 12.2. The van der Waals surface area contributed by atoms with E-state index in [-0.39, 0.29) is 17.6 Å². The number of hydrogen-bond acceptors (Lipinski definition) is 8. The fourth-order valence-corrected chi connectivity index (χ4v) is 3.57. The number of aromatic nitrogens is 4. The van der Waals surface area contributed by atoms with E-state index in [0.717, 1.165) is 39.1 Å². The van der Waals surface area contributed by atoms with Gasteiger partial charge in [0.25, 0.3) is 0 Å². The van der Waals surface area contributed by atoms with E-state index in [4.69, 9.17) is 4.52 Å². The number of nitrogens with zero attached hydrogens (tertiary/aromatic N) is 6. The molecule has 162 valence electrons. The van der Waals surface area contributed by atoms with Crippen LogP contribution in [-0.2, 0) is 0 Å². The van der Waals surface area contributed by atoms with Gasteiger partial charge in [-0.1, -0.05) is 11.2 Å². The number of benzene rings is 1. The van der Waals surface area contributed by atoms with Gasteiger partial charge in [-0.2, -0.15) is 4.98 Å². The standard InChI is InChI=1S/C22H27N7O2/c1-16-4-5-18(14-17(16)2)29-12-10-28(11-13-29)9-3-7-24-21(30)22-26-20(27-31-22)19-6-8-23-15-25-19/h4-6,8,14-15H,3,7,9-13H2,1-2H3,(H,24,30). The van der Waals surface area contributed by atoms with E-state index >= 15 is 0 Å². The van der Waals surface area contributed by atoms with Crippen molar-refractivity contribution in [2.45, 2.75) is 20.3 Å². The summed E-state index contributed by atoms with van der Waals surface area (Å²) in [6.07, 6.45) is 3.84. The van der Waals surface area contributed by atoms with Crippen molar-refractivity contribution in [1.29, 1.82) is 0 Å². The van der Waals surface area contributed by atoms with Crippen LogP contribution in [0.5, 0.6) is 0 Å². The predicted molar refractivity (Wildman–Crippen MR) is 117 cm³/mol. The molecule has 1 fully saturated rings. The largest absolute Gasteiger partial charge is 0.369 e. The first-order valence-corrected chi connectivity index (χ1v) is 10.5. The summed E-state index contributed by atoms with van der Waals surface area (Å²) in [6, 6.07) is 8.33. The third-order valence-electron chi connectivity index (χ3n) is 5.60. The molecule has 0 radical (unpaired) electrons. The summed E-state index contributed by atoms with van der Waals surface area (Å²) >= 11 is 0. The first-order valence-electron chi connectivity index (χ1n) is 10.5. The summed E-state index contributed by atoms with van der Waals surface area (Å²) in [5, 5.41) is 6.65. The lowest BCUT2D eigenvalue weighted by molar-refractivity contribution is 0.0907. The zero-order chi connectivity index (χ0) is 21.6. The molecule has 4 rings (SSSR count). The van der Waals surface area contributed by atoms with Crippen molar-refractivity contribution in [3.05, 3.63) is 53.8 Å². The Hall–Kier alpha value is -3.33. The first-order chi connectivity index (χ1) is 15.1. The molecule has 0 bridgehead atoms. The van der Waals surface area contributed by atoms with Crippen molar-refractivity contribution < 1.29 is 9.32 Å². The molecule has 1 aliphatic heterocycles. The van der Waals surface area contributed by atoms with Crippen LogP contribution in [0.4, 0.5) is 5.69 Å². The van der Waals surface area contributed by atoms with Crippen molar-refractivity contribution in [2.75, 3.05) is 44.2 Å². The molecule has 1 N–H and O–H groups in total. The van der Waals surface area contributed by atoms with E-state index in [1.807, 2.05) is 0 Å². The average Bonchev–Trinajstić information content (AvgIpc) is 3.30. The molecule has 1 saturated heterocycles. The minimum Gasteiger partial charge on any atom is -0.369 e. The summed E-state index contributed by atoms with van der Waals surface area (Å²) in [5.41, 5.74) is 4.48. The van der Waals surface area contributed by atoms with E-state index in [1.165, 1.54) is 23.1 Å². The molecule has 0 saturated carbocycles. The Morgan fingerprint density at radius 2 is 1.97 bits per heavy atom. The molecular formula is C22H27N7O2. The zero-order valence-corrected chi connectivity index (χ0v) is 17.9. The number of amides is 1. The SMILES string of the molecule is Cc1ccc(N2CCN(CCCNC(=O)c3nc(-c4ccncn4)no3)CC2)cc1C. The Bertz CT molecular complexity index is 1010. The zero-order valence-electron chi connectivity index (χ0n) is 17.9.